The Hall–Kier alpha value is -3.81. The van der Waals surface area contributed by atoms with Crippen molar-refractivity contribution < 1.29 is 17.9 Å². The van der Waals surface area contributed by atoms with E-state index in [9.17, 15) is 13.2 Å². The first-order valence-electron chi connectivity index (χ1n) is 12.1. The van der Waals surface area contributed by atoms with E-state index in [0.717, 1.165) is 27.9 Å². The number of carbonyl (C=O) groups is 1. The largest absolute Gasteiger partial charge is 0.484 e. The molecule has 0 aliphatic rings. The smallest absolute Gasteiger partial charge is 0.264 e. The summed E-state index contributed by atoms with van der Waals surface area (Å²) in [6.45, 7) is 5.73. The first-order chi connectivity index (χ1) is 18.1. The van der Waals surface area contributed by atoms with Gasteiger partial charge < -0.3 is 10.1 Å². The molecule has 4 aromatic rings. The number of sulfonamides is 1. The van der Waals surface area contributed by atoms with Crippen molar-refractivity contribution >= 4 is 38.9 Å². The van der Waals surface area contributed by atoms with Crippen LogP contribution >= 0.6 is 11.6 Å². The highest BCUT2D eigenvalue weighted by molar-refractivity contribution is 7.92. The molecule has 4 rings (SSSR count). The second-order valence-corrected chi connectivity index (χ2v) is 11.4. The maximum absolute atomic E-state index is 13.7. The molecule has 0 atom stereocenters. The number of rotatable bonds is 9. The van der Waals surface area contributed by atoms with Crippen molar-refractivity contribution in [2.45, 2.75) is 32.2 Å². The van der Waals surface area contributed by atoms with E-state index in [-0.39, 0.29) is 24.0 Å². The third-order valence-corrected chi connectivity index (χ3v) is 8.05. The molecule has 4 aromatic carbocycles. The molecule has 0 saturated heterocycles. The second kappa shape index (κ2) is 11.7. The molecule has 0 radical (unpaired) electrons. The zero-order valence-corrected chi connectivity index (χ0v) is 23.0. The van der Waals surface area contributed by atoms with Gasteiger partial charge in [0.25, 0.3) is 15.9 Å². The number of hydrogen-bond donors (Lipinski definition) is 1. The minimum absolute atomic E-state index is 0.117. The monoisotopic (exact) mass is 548 g/mol. The normalized spacial score (nSPS) is 11.2. The third kappa shape index (κ3) is 6.73. The number of ether oxygens (including phenoxy) is 1. The lowest BCUT2D eigenvalue weighted by Crippen LogP contribution is -2.30. The molecule has 0 unspecified atom stereocenters. The van der Waals surface area contributed by atoms with Crippen LogP contribution in [0.1, 0.15) is 22.3 Å². The van der Waals surface area contributed by atoms with Crippen LogP contribution in [0.3, 0.4) is 0 Å². The summed E-state index contributed by atoms with van der Waals surface area (Å²) in [4.78, 5) is 12.6. The van der Waals surface area contributed by atoms with Crippen LogP contribution in [0.5, 0.6) is 5.75 Å². The molecule has 0 saturated carbocycles. The molecule has 38 heavy (non-hydrogen) atoms. The van der Waals surface area contributed by atoms with Crippen LogP contribution in [-0.2, 0) is 21.4 Å². The molecule has 1 N–H and O–H groups in total. The van der Waals surface area contributed by atoms with Gasteiger partial charge in [-0.1, -0.05) is 53.6 Å². The Labute approximate surface area is 228 Å². The molecule has 0 spiro atoms. The van der Waals surface area contributed by atoms with Gasteiger partial charge in [-0.2, -0.15) is 0 Å². The Morgan fingerprint density at radius 2 is 1.47 bits per heavy atom. The fraction of sp³-hybridized carbons (Fsp3) is 0.167. The van der Waals surface area contributed by atoms with Crippen molar-refractivity contribution in [2.75, 3.05) is 16.2 Å². The molecule has 196 valence electrons. The molecule has 0 heterocycles. The molecule has 0 fully saturated rings. The minimum Gasteiger partial charge on any atom is -0.484 e. The van der Waals surface area contributed by atoms with E-state index in [4.69, 9.17) is 16.3 Å². The topological polar surface area (TPSA) is 75.7 Å². The molecule has 0 aromatic heterocycles. The summed E-state index contributed by atoms with van der Waals surface area (Å²) in [7, 11) is -3.86. The Bertz CT molecular complexity index is 1520. The molecule has 8 heteroatoms. The van der Waals surface area contributed by atoms with Crippen molar-refractivity contribution in [3.05, 3.63) is 118 Å². The highest BCUT2D eigenvalue weighted by Gasteiger charge is 2.25. The van der Waals surface area contributed by atoms with Crippen LogP contribution in [0.4, 0.5) is 11.4 Å². The van der Waals surface area contributed by atoms with Gasteiger partial charge in [-0.3, -0.25) is 9.10 Å². The number of benzene rings is 4. The summed E-state index contributed by atoms with van der Waals surface area (Å²) in [5, 5.41) is 3.44. The number of nitrogens with one attached hydrogen (secondary N) is 1. The van der Waals surface area contributed by atoms with E-state index in [2.05, 4.69) is 5.32 Å². The first kappa shape index (κ1) is 27.2. The van der Waals surface area contributed by atoms with Crippen molar-refractivity contribution in [1.82, 2.24) is 0 Å². The number of nitrogens with zero attached hydrogens (tertiary/aromatic N) is 1. The number of anilines is 2. The highest BCUT2D eigenvalue weighted by Crippen LogP contribution is 2.28. The molecule has 0 aliphatic heterocycles. The second-order valence-electron chi connectivity index (χ2n) is 9.10. The van der Waals surface area contributed by atoms with Crippen molar-refractivity contribution in [1.29, 1.82) is 0 Å². The maximum Gasteiger partial charge on any atom is 0.264 e. The Kier molecular flexibility index (Phi) is 8.39. The van der Waals surface area contributed by atoms with Gasteiger partial charge in [0.15, 0.2) is 6.61 Å². The van der Waals surface area contributed by atoms with E-state index in [1.807, 2.05) is 39.0 Å². The Balaban J connectivity index is 1.52. The van der Waals surface area contributed by atoms with E-state index in [0.29, 0.717) is 16.5 Å². The van der Waals surface area contributed by atoms with E-state index >= 15 is 0 Å². The molecular weight excluding hydrogens is 520 g/mol. The first-order valence-corrected chi connectivity index (χ1v) is 13.9. The van der Waals surface area contributed by atoms with Crippen molar-refractivity contribution in [2.24, 2.45) is 0 Å². The molecule has 0 bridgehead atoms. The highest BCUT2D eigenvalue weighted by atomic mass is 35.5. The minimum atomic E-state index is -3.86. The Morgan fingerprint density at radius 1 is 0.842 bits per heavy atom. The molecular formula is C30H29ClN2O4S. The number of hydrogen-bond acceptors (Lipinski definition) is 4. The van der Waals surface area contributed by atoms with Gasteiger partial charge in [-0.05, 0) is 92.1 Å². The van der Waals surface area contributed by atoms with Gasteiger partial charge in [0.05, 0.1) is 17.1 Å². The number of amides is 1. The van der Waals surface area contributed by atoms with Crippen LogP contribution in [0.15, 0.2) is 95.9 Å². The van der Waals surface area contributed by atoms with Gasteiger partial charge in [-0.15, -0.1) is 0 Å². The number of halogens is 1. The molecule has 0 aliphatic carbocycles. The number of carbonyl (C=O) groups excluding carboxylic acids is 1. The van der Waals surface area contributed by atoms with Gasteiger partial charge in [0.1, 0.15) is 5.75 Å². The fourth-order valence-corrected chi connectivity index (χ4v) is 5.40. The van der Waals surface area contributed by atoms with E-state index in [1.54, 1.807) is 72.8 Å². The Morgan fingerprint density at radius 3 is 2.13 bits per heavy atom. The SMILES string of the molecule is Cc1ccc(S(=O)(=O)N(Cc2ccc(Cl)cc2)c2ccc(OCC(=O)Nc3cc(C)ccc3C)cc2)cc1. The van der Waals surface area contributed by atoms with Gasteiger partial charge in [0.2, 0.25) is 0 Å². The zero-order valence-electron chi connectivity index (χ0n) is 21.4. The lowest BCUT2D eigenvalue weighted by molar-refractivity contribution is -0.118. The van der Waals surface area contributed by atoms with Gasteiger partial charge in [0, 0.05) is 10.7 Å². The lowest BCUT2D eigenvalue weighted by Gasteiger charge is -2.25. The van der Waals surface area contributed by atoms with Crippen LogP contribution in [0.2, 0.25) is 5.02 Å². The van der Waals surface area contributed by atoms with Crippen LogP contribution < -0.4 is 14.4 Å². The van der Waals surface area contributed by atoms with E-state index < -0.39 is 10.0 Å². The van der Waals surface area contributed by atoms with Gasteiger partial charge >= 0.3 is 0 Å². The standard InChI is InChI=1S/C30H29ClN2O4S/c1-21-5-16-28(17-6-21)38(35,36)33(19-24-8-10-25(31)11-9-24)26-12-14-27(15-13-26)37-20-30(34)32-29-18-22(2)4-7-23(29)3/h4-18H,19-20H2,1-3H3,(H,32,34). The van der Waals surface area contributed by atoms with Crippen LogP contribution in [0, 0.1) is 20.8 Å². The van der Waals surface area contributed by atoms with Crippen LogP contribution in [0.25, 0.3) is 0 Å². The molecule has 1 amide bonds. The maximum atomic E-state index is 13.7. The number of aryl methyl sites for hydroxylation is 3. The predicted octanol–water partition coefficient (Wildman–Crippen LogP) is 6.68. The molecule has 6 nitrogen and oxygen atoms in total. The quantitative estimate of drug-likeness (QED) is 0.253. The lowest BCUT2D eigenvalue weighted by atomic mass is 10.1. The van der Waals surface area contributed by atoms with Crippen LogP contribution in [-0.4, -0.2) is 20.9 Å². The van der Waals surface area contributed by atoms with Gasteiger partial charge in [-0.25, -0.2) is 8.42 Å². The predicted molar refractivity (Wildman–Crippen MR) is 152 cm³/mol. The summed E-state index contributed by atoms with van der Waals surface area (Å²) in [6.07, 6.45) is 0. The summed E-state index contributed by atoms with van der Waals surface area (Å²) in [5.41, 5.74) is 4.97. The summed E-state index contributed by atoms with van der Waals surface area (Å²) < 4.78 is 34.3. The van der Waals surface area contributed by atoms with Crippen molar-refractivity contribution in [3.63, 3.8) is 0 Å². The summed E-state index contributed by atoms with van der Waals surface area (Å²) in [5.74, 6) is 0.165. The third-order valence-electron chi connectivity index (χ3n) is 6.01. The average Bonchev–Trinajstić information content (AvgIpc) is 2.90. The summed E-state index contributed by atoms with van der Waals surface area (Å²) in [6, 6.07) is 26.3. The summed E-state index contributed by atoms with van der Waals surface area (Å²) >= 11 is 6.02. The van der Waals surface area contributed by atoms with Crippen molar-refractivity contribution in [3.8, 4) is 5.75 Å². The average molecular weight is 549 g/mol. The zero-order chi connectivity index (χ0) is 27.3. The fourth-order valence-electron chi connectivity index (χ4n) is 3.82. The van der Waals surface area contributed by atoms with E-state index in [1.165, 1.54) is 4.31 Å².